The van der Waals surface area contributed by atoms with Crippen LogP contribution < -0.4 is 0 Å². The second-order valence-electron chi connectivity index (χ2n) is 3.71. The minimum Gasteiger partial charge on any atom is -0.390 e. The second-order valence-corrected chi connectivity index (χ2v) is 3.71. The molecule has 0 aromatic carbocycles. The average Bonchev–Trinajstić information content (AvgIpc) is 1.87. The lowest BCUT2D eigenvalue weighted by Gasteiger charge is -2.36. The first kappa shape index (κ1) is 8.06. The van der Waals surface area contributed by atoms with E-state index >= 15 is 0 Å². The van der Waals surface area contributed by atoms with Gasteiger partial charge < -0.3 is 5.11 Å². The van der Waals surface area contributed by atoms with Crippen LogP contribution in [0.5, 0.6) is 0 Å². The van der Waals surface area contributed by atoms with Crippen LogP contribution in [0.15, 0.2) is 0 Å². The molecule has 0 spiro atoms. The zero-order chi connectivity index (χ0) is 7.61. The molecule has 2 atom stereocenters. The standard InChI is InChI=1S/C9H18O/c1-3-8-6-4-5-7-9(8,2)10/h8,10H,3-7H2,1-2H3. The van der Waals surface area contributed by atoms with Gasteiger partial charge in [-0.1, -0.05) is 26.2 Å². The molecule has 1 aliphatic carbocycles. The number of aliphatic hydroxyl groups is 1. The predicted molar refractivity (Wildman–Crippen MR) is 42.9 cm³/mol. The maximum absolute atomic E-state index is 9.83. The van der Waals surface area contributed by atoms with Crippen molar-refractivity contribution in [3.8, 4) is 0 Å². The average molecular weight is 142 g/mol. The van der Waals surface area contributed by atoms with Crippen LogP contribution in [-0.4, -0.2) is 10.7 Å². The monoisotopic (exact) mass is 142 g/mol. The predicted octanol–water partition coefficient (Wildman–Crippen LogP) is 2.34. The molecule has 1 saturated carbocycles. The van der Waals surface area contributed by atoms with Crippen LogP contribution in [0.3, 0.4) is 0 Å². The van der Waals surface area contributed by atoms with E-state index in [9.17, 15) is 5.11 Å². The van der Waals surface area contributed by atoms with E-state index in [4.69, 9.17) is 0 Å². The summed E-state index contributed by atoms with van der Waals surface area (Å²) in [5, 5.41) is 9.83. The normalized spacial score (nSPS) is 41.7. The maximum atomic E-state index is 9.83. The molecule has 10 heavy (non-hydrogen) atoms. The summed E-state index contributed by atoms with van der Waals surface area (Å²) in [5.74, 6) is 0.557. The van der Waals surface area contributed by atoms with Gasteiger partial charge in [0.1, 0.15) is 0 Å². The quantitative estimate of drug-likeness (QED) is 0.595. The van der Waals surface area contributed by atoms with E-state index < -0.39 is 0 Å². The number of rotatable bonds is 1. The Balaban J connectivity index is 2.51. The molecule has 60 valence electrons. The molecule has 1 rings (SSSR count). The summed E-state index contributed by atoms with van der Waals surface area (Å²) in [4.78, 5) is 0. The third-order valence-electron chi connectivity index (χ3n) is 2.86. The van der Waals surface area contributed by atoms with Gasteiger partial charge in [-0.2, -0.15) is 0 Å². The molecule has 2 unspecified atom stereocenters. The molecule has 0 aromatic rings. The number of hydrogen-bond donors (Lipinski definition) is 1. The van der Waals surface area contributed by atoms with Crippen LogP contribution in [0.1, 0.15) is 46.0 Å². The lowest BCUT2D eigenvalue weighted by Crippen LogP contribution is -2.36. The molecular formula is C9H18O. The Kier molecular flexibility index (Phi) is 2.35. The van der Waals surface area contributed by atoms with Gasteiger partial charge in [-0.15, -0.1) is 0 Å². The fourth-order valence-corrected chi connectivity index (χ4v) is 2.03. The van der Waals surface area contributed by atoms with Crippen LogP contribution in [0.2, 0.25) is 0 Å². The van der Waals surface area contributed by atoms with Crippen molar-refractivity contribution >= 4 is 0 Å². The smallest absolute Gasteiger partial charge is 0.0647 e. The zero-order valence-corrected chi connectivity index (χ0v) is 7.06. The molecule has 1 heteroatoms. The van der Waals surface area contributed by atoms with Gasteiger partial charge in [-0.05, 0) is 25.7 Å². The highest BCUT2D eigenvalue weighted by molar-refractivity contribution is 4.84. The van der Waals surface area contributed by atoms with Crippen molar-refractivity contribution in [1.29, 1.82) is 0 Å². The molecule has 0 aliphatic heterocycles. The third-order valence-corrected chi connectivity index (χ3v) is 2.86. The lowest BCUT2D eigenvalue weighted by atomic mass is 9.75. The fourth-order valence-electron chi connectivity index (χ4n) is 2.03. The Morgan fingerprint density at radius 3 is 2.60 bits per heavy atom. The highest BCUT2D eigenvalue weighted by Gasteiger charge is 2.32. The van der Waals surface area contributed by atoms with Crippen LogP contribution in [0.25, 0.3) is 0 Å². The van der Waals surface area contributed by atoms with Crippen molar-refractivity contribution in [2.24, 2.45) is 5.92 Å². The molecule has 1 N–H and O–H groups in total. The van der Waals surface area contributed by atoms with Gasteiger partial charge in [-0.25, -0.2) is 0 Å². The minimum atomic E-state index is -0.354. The van der Waals surface area contributed by atoms with E-state index in [1.807, 2.05) is 6.92 Å². The Morgan fingerprint density at radius 1 is 1.50 bits per heavy atom. The topological polar surface area (TPSA) is 20.2 Å². The van der Waals surface area contributed by atoms with Crippen molar-refractivity contribution in [2.75, 3.05) is 0 Å². The fraction of sp³-hybridized carbons (Fsp3) is 1.00. The van der Waals surface area contributed by atoms with E-state index in [0.717, 1.165) is 12.8 Å². The Morgan fingerprint density at radius 2 is 2.20 bits per heavy atom. The lowest BCUT2D eigenvalue weighted by molar-refractivity contribution is -0.0329. The number of hydrogen-bond acceptors (Lipinski definition) is 1. The molecule has 1 nitrogen and oxygen atoms in total. The summed E-state index contributed by atoms with van der Waals surface area (Å²) in [6, 6.07) is 0. The summed E-state index contributed by atoms with van der Waals surface area (Å²) >= 11 is 0. The van der Waals surface area contributed by atoms with E-state index in [1.165, 1.54) is 19.3 Å². The molecular weight excluding hydrogens is 124 g/mol. The zero-order valence-electron chi connectivity index (χ0n) is 7.06. The van der Waals surface area contributed by atoms with Crippen LogP contribution in [-0.2, 0) is 0 Å². The minimum absolute atomic E-state index is 0.354. The Labute approximate surface area is 63.4 Å². The van der Waals surface area contributed by atoms with Gasteiger partial charge in [0.25, 0.3) is 0 Å². The van der Waals surface area contributed by atoms with Crippen molar-refractivity contribution in [2.45, 2.75) is 51.6 Å². The molecule has 0 amide bonds. The highest BCUT2D eigenvalue weighted by Crippen LogP contribution is 2.34. The highest BCUT2D eigenvalue weighted by atomic mass is 16.3. The van der Waals surface area contributed by atoms with E-state index in [-0.39, 0.29) is 5.60 Å². The summed E-state index contributed by atoms with van der Waals surface area (Å²) in [5.41, 5.74) is -0.354. The molecule has 0 bridgehead atoms. The van der Waals surface area contributed by atoms with E-state index in [1.54, 1.807) is 0 Å². The molecule has 0 saturated heterocycles. The van der Waals surface area contributed by atoms with Crippen molar-refractivity contribution in [3.63, 3.8) is 0 Å². The molecule has 0 radical (unpaired) electrons. The van der Waals surface area contributed by atoms with Crippen molar-refractivity contribution in [1.82, 2.24) is 0 Å². The van der Waals surface area contributed by atoms with E-state index in [2.05, 4.69) is 6.92 Å². The first-order chi connectivity index (χ1) is 4.67. The summed E-state index contributed by atoms with van der Waals surface area (Å²) in [7, 11) is 0. The molecule has 1 aliphatic rings. The Hall–Kier alpha value is -0.0400. The van der Waals surface area contributed by atoms with Gasteiger partial charge in [0, 0.05) is 0 Å². The molecule has 0 aromatic heterocycles. The summed E-state index contributed by atoms with van der Waals surface area (Å²) < 4.78 is 0. The van der Waals surface area contributed by atoms with Crippen molar-refractivity contribution < 1.29 is 5.11 Å². The van der Waals surface area contributed by atoms with Gasteiger partial charge in [-0.3, -0.25) is 0 Å². The van der Waals surface area contributed by atoms with E-state index in [0.29, 0.717) is 5.92 Å². The van der Waals surface area contributed by atoms with Gasteiger partial charge in [0.15, 0.2) is 0 Å². The molecule has 1 fully saturated rings. The largest absolute Gasteiger partial charge is 0.390 e. The first-order valence-corrected chi connectivity index (χ1v) is 4.39. The van der Waals surface area contributed by atoms with Crippen molar-refractivity contribution in [3.05, 3.63) is 0 Å². The SMILES string of the molecule is CCC1CCCCC1(C)O. The summed E-state index contributed by atoms with van der Waals surface area (Å²) in [6.45, 7) is 4.16. The molecule has 0 heterocycles. The van der Waals surface area contributed by atoms with Gasteiger partial charge in [0.2, 0.25) is 0 Å². The summed E-state index contributed by atoms with van der Waals surface area (Å²) in [6.07, 6.45) is 5.89. The van der Waals surface area contributed by atoms with Crippen LogP contribution in [0.4, 0.5) is 0 Å². The maximum Gasteiger partial charge on any atom is 0.0647 e. The van der Waals surface area contributed by atoms with Crippen LogP contribution in [0, 0.1) is 5.92 Å². The van der Waals surface area contributed by atoms with Crippen LogP contribution >= 0.6 is 0 Å². The van der Waals surface area contributed by atoms with Gasteiger partial charge in [0.05, 0.1) is 5.60 Å². The van der Waals surface area contributed by atoms with Gasteiger partial charge >= 0.3 is 0 Å². The Bertz CT molecular complexity index is 107. The second kappa shape index (κ2) is 2.91. The first-order valence-electron chi connectivity index (χ1n) is 4.39. The third kappa shape index (κ3) is 1.51.